The van der Waals surface area contributed by atoms with Crippen molar-refractivity contribution in [3.8, 4) is 5.75 Å². The van der Waals surface area contributed by atoms with E-state index >= 15 is 0 Å². The first-order valence-corrected chi connectivity index (χ1v) is 5.27. The van der Waals surface area contributed by atoms with Gasteiger partial charge in [-0.05, 0) is 25.1 Å². The van der Waals surface area contributed by atoms with Gasteiger partial charge in [-0.1, -0.05) is 15.9 Å². The van der Waals surface area contributed by atoms with E-state index in [1.54, 1.807) is 0 Å². The van der Waals surface area contributed by atoms with Crippen LogP contribution in [-0.2, 0) is 0 Å². The third-order valence-electron chi connectivity index (χ3n) is 1.87. The summed E-state index contributed by atoms with van der Waals surface area (Å²) in [5.41, 5.74) is 6.57. The summed E-state index contributed by atoms with van der Waals surface area (Å²) in [6, 6.07) is 5.21. The molecule has 0 aliphatic heterocycles. The van der Waals surface area contributed by atoms with Crippen LogP contribution < -0.4 is 10.5 Å². The Balaban J connectivity index is 3.02. The molecule has 1 aromatic carbocycles. The van der Waals surface area contributed by atoms with Crippen LogP contribution in [0.3, 0.4) is 0 Å². The van der Waals surface area contributed by atoms with Gasteiger partial charge < -0.3 is 15.6 Å². The molecule has 0 saturated carbocycles. The molecule has 14 heavy (non-hydrogen) atoms. The smallest absolute Gasteiger partial charge is 0.124 e. The maximum atomic E-state index is 8.98. The summed E-state index contributed by atoms with van der Waals surface area (Å²) in [5, 5.41) is 8.98. The lowest BCUT2D eigenvalue weighted by atomic mass is 10.1. The van der Waals surface area contributed by atoms with Crippen molar-refractivity contribution in [3.05, 3.63) is 28.2 Å². The molecule has 0 aromatic heterocycles. The first kappa shape index (κ1) is 11.5. The van der Waals surface area contributed by atoms with Crippen molar-refractivity contribution in [1.82, 2.24) is 0 Å². The van der Waals surface area contributed by atoms with Crippen LogP contribution >= 0.6 is 15.9 Å². The number of aliphatic hydroxyl groups excluding tert-OH is 1. The molecule has 0 aliphatic rings. The monoisotopic (exact) mass is 259 g/mol. The summed E-state index contributed by atoms with van der Waals surface area (Å²) in [7, 11) is 0. The number of ether oxygens (including phenoxy) is 1. The fraction of sp³-hybridized carbons (Fsp3) is 0.400. The number of hydrogen-bond donors (Lipinski definition) is 2. The first-order chi connectivity index (χ1) is 6.69. The van der Waals surface area contributed by atoms with Crippen molar-refractivity contribution in [2.24, 2.45) is 5.73 Å². The Morgan fingerprint density at radius 2 is 2.29 bits per heavy atom. The minimum absolute atomic E-state index is 0.0868. The van der Waals surface area contributed by atoms with Gasteiger partial charge in [0.05, 0.1) is 19.3 Å². The largest absolute Gasteiger partial charge is 0.494 e. The molecule has 1 atom stereocenters. The lowest BCUT2D eigenvalue weighted by Crippen LogP contribution is -2.15. The van der Waals surface area contributed by atoms with Crippen molar-refractivity contribution in [1.29, 1.82) is 0 Å². The van der Waals surface area contributed by atoms with E-state index in [1.165, 1.54) is 0 Å². The van der Waals surface area contributed by atoms with E-state index in [2.05, 4.69) is 15.9 Å². The highest BCUT2D eigenvalue weighted by Gasteiger charge is 2.11. The SMILES string of the molecule is CCOc1ccc(Br)cc1[C@@H](N)CO. The zero-order chi connectivity index (χ0) is 10.6. The Bertz CT molecular complexity index is 304. The quantitative estimate of drug-likeness (QED) is 0.868. The van der Waals surface area contributed by atoms with Crippen molar-refractivity contribution in [3.63, 3.8) is 0 Å². The van der Waals surface area contributed by atoms with Gasteiger partial charge in [0.1, 0.15) is 5.75 Å². The molecule has 0 spiro atoms. The number of rotatable bonds is 4. The average Bonchev–Trinajstić information content (AvgIpc) is 2.20. The third kappa shape index (κ3) is 2.70. The number of benzene rings is 1. The predicted molar refractivity (Wildman–Crippen MR) is 59.3 cm³/mol. The van der Waals surface area contributed by atoms with E-state index < -0.39 is 6.04 Å². The van der Waals surface area contributed by atoms with E-state index in [9.17, 15) is 0 Å². The number of halogens is 1. The van der Waals surface area contributed by atoms with Gasteiger partial charge in [0, 0.05) is 10.0 Å². The number of nitrogens with two attached hydrogens (primary N) is 1. The minimum atomic E-state index is -0.394. The molecule has 78 valence electrons. The summed E-state index contributed by atoms with van der Waals surface area (Å²) >= 11 is 3.35. The van der Waals surface area contributed by atoms with Gasteiger partial charge in [-0.3, -0.25) is 0 Å². The average molecular weight is 260 g/mol. The topological polar surface area (TPSA) is 55.5 Å². The molecular weight excluding hydrogens is 246 g/mol. The maximum absolute atomic E-state index is 8.98. The molecule has 0 fully saturated rings. The molecule has 0 aliphatic carbocycles. The highest BCUT2D eigenvalue weighted by Crippen LogP contribution is 2.27. The standard InChI is InChI=1S/C10H14BrNO2/c1-2-14-10-4-3-7(11)5-8(10)9(12)6-13/h3-5,9,13H,2,6,12H2,1H3/t9-/m0/s1. The van der Waals surface area contributed by atoms with Gasteiger partial charge in [-0.25, -0.2) is 0 Å². The summed E-state index contributed by atoms with van der Waals surface area (Å²) < 4.78 is 6.33. The van der Waals surface area contributed by atoms with Crippen LogP contribution in [0.1, 0.15) is 18.5 Å². The normalized spacial score (nSPS) is 12.6. The predicted octanol–water partition coefficient (Wildman–Crippen LogP) is 1.84. The molecule has 3 nitrogen and oxygen atoms in total. The number of hydrogen-bond acceptors (Lipinski definition) is 3. The van der Waals surface area contributed by atoms with Crippen molar-refractivity contribution in [2.75, 3.05) is 13.2 Å². The zero-order valence-corrected chi connectivity index (χ0v) is 9.62. The van der Waals surface area contributed by atoms with Crippen molar-refractivity contribution in [2.45, 2.75) is 13.0 Å². The van der Waals surface area contributed by atoms with Gasteiger partial charge in [-0.15, -0.1) is 0 Å². The zero-order valence-electron chi connectivity index (χ0n) is 8.03. The van der Waals surface area contributed by atoms with Crippen LogP contribution in [0.25, 0.3) is 0 Å². The Hall–Kier alpha value is -0.580. The van der Waals surface area contributed by atoms with E-state index in [4.69, 9.17) is 15.6 Å². The van der Waals surface area contributed by atoms with Gasteiger partial charge in [0.25, 0.3) is 0 Å². The Morgan fingerprint density at radius 3 is 2.86 bits per heavy atom. The lowest BCUT2D eigenvalue weighted by Gasteiger charge is -2.14. The minimum Gasteiger partial charge on any atom is -0.494 e. The number of aliphatic hydroxyl groups is 1. The van der Waals surface area contributed by atoms with Crippen LogP contribution in [0.4, 0.5) is 0 Å². The lowest BCUT2D eigenvalue weighted by molar-refractivity contribution is 0.261. The molecule has 0 heterocycles. The van der Waals surface area contributed by atoms with Crippen molar-refractivity contribution < 1.29 is 9.84 Å². The second-order valence-electron chi connectivity index (χ2n) is 2.90. The van der Waals surface area contributed by atoms with Gasteiger partial charge >= 0.3 is 0 Å². The van der Waals surface area contributed by atoms with Gasteiger partial charge in [0.2, 0.25) is 0 Å². The second-order valence-corrected chi connectivity index (χ2v) is 3.82. The fourth-order valence-corrected chi connectivity index (χ4v) is 1.57. The molecule has 4 heteroatoms. The highest BCUT2D eigenvalue weighted by atomic mass is 79.9. The maximum Gasteiger partial charge on any atom is 0.124 e. The van der Waals surface area contributed by atoms with Gasteiger partial charge in [-0.2, -0.15) is 0 Å². The Kier molecular flexibility index (Phi) is 4.38. The van der Waals surface area contributed by atoms with Gasteiger partial charge in [0.15, 0.2) is 0 Å². The molecule has 0 saturated heterocycles. The fourth-order valence-electron chi connectivity index (χ4n) is 1.19. The van der Waals surface area contributed by atoms with E-state index in [0.717, 1.165) is 15.8 Å². The molecule has 0 unspecified atom stereocenters. The second kappa shape index (κ2) is 5.34. The molecule has 0 amide bonds. The molecular formula is C10H14BrNO2. The molecule has 1 rings (SSSR count). The van der Waals surface area contributed by atoms with E-state index in [-0.39, 0.29) is 6.61 Å². The highest BCUT2D eigenvalue weighted by molar-refractivity contribution is 9.10. The third-order valence-corrected chi connectivity index (χ3v) is 2.36. The van der Waals surface area contributed by atoms with E-state index in [0.29, 0.717) is 6.61 Å². The Morgan fingerprint density at radius 1 is 1.57 bits per heavy atom. The van der Waals surface area contributed by atoms with Crippen LogP contribution in [0.2, 0.25) is 0 Å². The molecule has 0 radical (unpaired) electrons. The van der Waals surface area contributed by atoms with Crippen LogP contribution in [0, 0.1) is 0 Å². The molecule has 3 N–H and O–H groups in total. The summed E-state index contributed by atoms with van der Waals surface area (Å²) in [4.78, 5) is 0. The first-order valence-electron chi connectivity index (χ1n) is 4.47. The Labute approximate surface area is 92.0 Å². The molecule has 0 bridgehead atoms. The summed E-state index contributed by atoms with van der Waals surface area (Å²) in [6.07, 6.45) is 0. The van der Waals surface area contributed by atoms with Crippen LogP contribution in [-0.4, -0.2) is 18.3 Å². The molecule has 1 aromatic rings. The van der Waals surface area contributed by atoms with Crippen LogP contribution in [0.15, 0.2) is 22.7 Å². The van der Waals surface area contributed by atoms with E-state index in [1.807, 2.05) is 25.1 Å². The summed E-state index contributed by atoms with van der Waals surface area (Å²) in [5.74, 6) is 0.734. The summed E-state index contributed by atoms with van der Waals surface area (Å²) in [6.45, 7) is 2.42. The van der Waals surface area contributed by atoms with Crippen LogP contribution in [0.5, 0.6) is 5.75 Å². The van der Waals surface area contributed by atoms with Crippen molar-refractivity contribution >= 4 is 15.9 Å².